The number of hydrogen-bond donors (Lipinski definition) is 2. The van der Waals surface area contributed by atoms with Crippen molar-refractivity contribution in [2.75, 3.05) is 32.5 Å². The van der Waals surface area contributed by atoms with Crippen LogP contribution in [0.2, 0.25) is 0 Å². The second-order valence-corrected chi connectivity index (χ2v) is 9.23. The molecule has 0 fully saturated rings. The average Bonchev–Trinajstić information content (AvgIpc) is 3.25. The molecule has 1 aliphatic rings. The van der Waals surface area contributed by atoms with Crippen LogP contribution in [0.3, 0.4) is 0 Å². The Balaban J connectivity index is 1.36. The summed E-state index contributed by atoms with van der Waals surface area (Å²) >= 11 is 1.76. The number of benzene rings is 2. The number of hydrogen-bond acceptors (Lipinski definition) is 6. The molecule has 0 radical (unpaired) electrons. The van der Waals surface area contributed by atoms with Gasteiger partial charge in [0.15, 0.2) is 0 Å². The minimum absolute atomic E-state index is 0.207. The molecule has 8 heteroatoms. The van der Waals surface area contributed by atoms with Crippen molar-refractivity contribution in [3.05, 3.63) is 84.5 Å². The predicted molar refractivity (Wildman–Crippen MR) is 132 cm³/mol. The molecule has 2 N–H and O–H groups in total. The zero-order valence-corrected chi connectivity index (χ0v) is 19.3. The van der Waals surface area contributed by atoms with Gasteiger partial charge in [0, 0.05) is 47.0 Å². The summed E-state index contributed by atoms with van der Waals surface area (Å²) in [5.74, 6) is 0.269. The molecular weight excluding hydrogens is 432 g/mol. The number of para-hydroxylation sites is 1. The van der Waals surface area contributed by atoms with Crippen LogP contribution in [0, 0.1) is 0 Å². The Morgan fingerprint density at radius 2 is 1.94 bits per heavy atom. The van der Waals surface area contributed by atoms with Gasteiger partial charge >= 0.3 is 0 Å². The van der Waals surface area contributed by atoms with Crippen LogP contribution in [0.1, 0.15) is 21.6 Å². The van der Waals surface area contributed by atoms with E-state index in [4.69, 9.17) is 0 Å². The summed E-state index contributed by atoms with van der Waals surface area (Å²) in [6.45, 7) is 5.63. The molecule has 2 aromatic carbocycles. The van der Waals surface area contributed by atoms with Gasteiger partial charge < -0.3 is 15.5 Å². The molecule has 1 aliphatic heterocycles. The Bertz CT molecular complexity index is 1380. The molecule has 1 amide bonds. The van der Waals surface area contributed by atoms with Gasteiger partial charge in [-0.1, -0.05) is 36.5 Å². The van der Waals surface area contributed by atoms with Crippen LogP contribution in [-0.4, -0.2) is 52.4 Å². The molecule has 0 aliphatic carbocycles. The summed E-state index contributed by atoms with van der Waals surface area (Å²) in [6.07, 6.45) is 5.35. The molecule has 0 bridgehead atoms. The smallest absolute Gasteiger partial charge is 0.271 e. The van der Waals surface area contributed by atoms with Crippen molar-refractivity contribution in [1.82, 2.24) is 24.6 Å². The summed E-state index contributed by atoms with van der Waals surface area (Å²) in [4.78, 5) is 25.6. The lowest BCUT2D eigenvalue weighted by Crippen LogP contribution is -2.31. The van der Waals surface area contributed by atoms with E-state index in [1.807, 2.05) is 37.3 Å². The number of nitrogens with zero attached hydrogens (tertiary/aromatic N) is 4. The summed E-state index contributed by atoms with van der Waals surface area (Å²) in [5.41, 5.74) is 5.23. The summed E-state index contributed by atoms with van der Waals surface area (Å²) in [5, 5.41) is 6.40. The minimum Gasteiger partial charge on any atom is -0.354 e. The normalized spacial score (nSPS) is 12.2. The molecule has 7 nitrogen and oxygen atoms in total. The predicted octanol–water partition coefficient (Wildman–Crippen LogP) is 4.29. The highest BCUT2D eigenvalue weighted by atomic mass is 32.2. The number of rotatable bonds is 6. The molecule has 0 saturated carbocycles. The number of nitrogens with one attached hydrogen (secondary N) is 2. The van der Waals surface area contributed by atoms with Crippen LogP contribution in [0.5, 0.6) is 0 Å². The van der Waals surface area contributed by atoms with Gasteiger partial charge in [-0.05, 0) is 49.5 Å². The van der Waals surface area contributed by atoms with Crippen molar-refractivity contribution in [3.63, 3.8) is 0 Å². The summed E-state index contributed by atoms with van der Waals surface area (Å²) in [7, 11) is 3.93. The first-order chi connectivity index (χ1) is 16.0. The van der Waals surface area contributed by atoms with Gasteiger partial charge in [0.1, 0.15) is 5.69 Å². The SMILES string of the molecule is C=C(c1ccc2c(c1)Nc1ccccc1S2)c1cnc2nc(C(=O)NCCN(C)C)cn2c1. The van der Waals surface area contributed by atoms with Crippen LogP contribution >= 0.6 is 11.8 Å². The molecule has 3 heterocycles. The molecule has 5 rings (SSSR count). The van der Waals surface area contributed by atoms with Gasteiger partial charge in [-0.25, -0.2) is 9.97 Å². The average molecular weight is 457 g/mol. The Kier molecular flexibility index (Phi) is 5.62. The van der Waals surface area contributed by atoms with Crippen molar-refractivity contribution >= 4 is 40.4 Å². The maximum Gasteiger partial charge on any atom is 0.271 e. The number of aromatic nitrogens is 3. The van der Waals surface area contributed by atoms with Gasteiger partial charge in [-0.15, -0.1) is 0 Å². The van der Waals surface area contributed by atoms with Gasteiger partial charge in [0.25, 0.3) is 5.91 Å². The largest absolute Gasteiger partial charge is 0.354 e. The molecule has 0 saturated heterocycles. The van der Waals surface area contributed by atoms with E-state index in [1.165, 1.54) is 9.79 Å². The lowest BCUT2D eigenvalue weighted by Gasteiger charge is -2.21. The fourth-order valence-electron chi connectivity index (χ4n) is 3.63. The van der Waals surface area contributed by atoms with E-state index in [9.17, 15) is 4.79 Å². The van der Waals surface area contributed by atoms with Gasteiger partial charge in [-0.3, -0.25) is 9.20 Å². The highest BCUT2D eigenvalue weighted by Gasteiger charge is 2.17. The van der Waals surface area contributed by atoms with Crippen LogP contribution in [0.25, 0.3) is 11.4 Å². The molecule has 33 heavy (non-hydrogen) atoms. The van der Waals surface area contributed by atoms with Crippen LogP contribution in [0.4, 0.5) is 11.4 Å². The van der Waals surface area contributed by atoms with E-state index in [0.29, 0.717) is 18.0 Å². The molecular formula is C25H24N6OS. The third kappa shape index (κ3) is 4.35. The standard InChI is InChI=1S/C25H24N6OS/c1-16(17-8-9-23-20(12-17)28-19-6-4-5-7-22(19)33-23)18-13-27-25-29-21(15-31(25)14-18)24(32)26-10-11-30(2)3/h4-9,12-15,28H,1,10-11H2,2-3H3,(H,26,32). The molecule has 0 atom stereocenters. The van der Waals surface area contributed by atoms with Crippen LogP contribution in [0.15, 0.2) is 77.4 Å². The fraction of sp³-hybridized carbons (Fsp3) is 0.160. The van der Waals surface area contributed by atoms with E-state index in [1.54, 1.807) is 28.6 Å². The summed E-state index contributed by atoms with van der Waals surface area (Å²) in [6, 6.07) is 14.6. The van der Waals surface area contributed by atoms with Gasteiger partial charge in [0.05, 0.1) is 11.4 Å². The molecule has 2 aromatic heterocycles. The molecule has 0 spiro atoms. The van der Waals surface area contributed by atoms with Crippen molar-refractivity contribution in [1.29, 1.82) is 0 Å². The van der Waals surface area contributed by atoms with Crippen molar-refractivity contribution in [3.8, 4) is 0 Å². The monoisotopic (exact) mass is 456 g/mol. The van der Waals surface area contributed by atoms with Crippen LogP contribution < -0.4 is 10.6 Å². The molecule has 4 aromatic rings. The quantitative estimate of drug-likeness (QED) is 0.397. The van der Waals surface area contributed by atoms with Crippen molar-refractivity contribution in [2.24, 2.45) is 0 Å². The molecule has 166 valence electrons. The second-order valence-electron chi connectivity index (χ2n) is 8.15. The Hall–Kier alpha value is -3.62. The lowest BCUT2D eigenvalue weighted by molar-refractivity contribution is 0.0946. The number of likely N-dealkylation sites (N-methyl/N-ethyl adjacent to an activating group) is 1. The number of carbonyl (C=O) groups is 1. The van der Waals surface area contributed by atoms with E-state index in [-0.39, 0.29) is 5.91 Å². The van der Waals surface area contributed by atoms with E-state index in [2.05, 4.69) is 57.5 Å². The van der Waals surface area contributed by atoms with E-state index in [0.717, 1.165) is 34.6 Å². The first-order valence-electron chi connectivity index (χ1n) is 10.6. The highest BCUT2D eigenvalue weighted by Crippen LogP contribution is 2.44. The van der Waals surface area contributed by atoms with Gasteiger partial charge in [-0.2, -0.15) is 0 Å². The Labute approximate surface area is 196 Å². The molecule has 0 unspecified atom stereocenters. The first kappa shape index (κ1) is 21.2. The van der Waals surface area contributed by atoms with E-state index < -0.39 is 0 Å². The maximum atomic E-state index is 12.4. The van der Waals surface area contributed by atoms with Gasteiger partial charge in [0.2, 0.25) is 5.78 Å². The number of carbonyl (C=O) groups excluding carboxylic acids is 1. The zero-order chi connectivity index (χ0) is 22.9. The van der Waals surface area contributed by atoms with Crippen molar-refractivity contribution < 1.29 is 4.79 Å². The number of fused-ring (bicyclic) bond motifs is 3. The third-order valence-electron chi connectivity index (χ3n) is 5.44. The van der Waals surface area contributed by atoms with Crippen molar-refractivity contribution in [2.45, 2.75) is 9.79 Å². The third-order valence-corrected chi connectivity index (χ3v) is 6.59. The zero-order valence-electron chi connectivity index (χ0n) is 18.5. The topological polar surface area (TPSA) is 74.6 Å². The summed E-state index contributed by atoms with van der Waals surface area (Å²) < 4.78 is 1.77. The second kappa shape index (κ2) is 8.73. The highest BCUT2D eigenvalue weighted by molar-refractivity contribution is 7.99. The minimum atomic E-state index is -0.207. The fourth-order valence-corrected chi connectivity index (χ4v) is 4.60. The lowest BCUT2D eigenvalue weighted by atomic mass is 10.0. The van der Waals surface area contributed by atoms with Crippen LogP contribution in [-0.2, 0) is 0 Å². The number of imidazole rings is 1. The Morgan fingerprint density at radius 1 is 1.12 bits per heavy atom. The first-order valence-corrected chi connectivity index (χ1v) is 11.4. The van der Waals surface area contributed by atoms with E-state index >= 15 is 0 Å². The number of anilines is 2. The Morgan fingerprint density at radius 3 is 2.79 bits per heavy atom. The maximum absolute atomic E-state index is 12.4. The number of amides is 1.